The van der Waals surface area contributed by atoms with Gasteiger partial charge in [0.25, 0.3) is 5.91 Å². The van der Waals surface area contributed by atoms with Gasteiger partial charge in [-0.15, -0.1) is 12.4 Å². The molecule has 0 bridgehead atoms. The number of carbonyl (C=O) groups excluding carboxylic acids is 1. The van der Waals surface area contributed by atoms with Gasteiger partial charge in [-0.2, -0.15) is 0 Å². The van der Waals surface area contributed by atoms with Crippen molar-refractivity contribution in [2.45, 2.75) is 19.1 Å². The minimum absolute atomic E-state index is 0. The summed E-state index contributed by atoms with van der Waals surface area (Å²) < 4.78 is 15.4. The molecule has 2 atom stereocenters. The lowest BCUT2D eigenvalue weighted by Crippen LogP contribution is -2.41. The number of carbonyl (C=O) groups is 1. The Labute approximate surface area is 131 Å². The highest BCUT2D eigenvalue weighted by atomic mass is 35.5. The number of benzene rings is 1. The van der Waals surface area contributed by atoms with Crippen LogP contribution in [0, 0.1) is 0 Å². The fourth-order valence-electron chi connectivity index (χ4n) is 1.82. The van der Waals surface area contributed by atoms with Crippen LogP contribution < -0.4 is 20.5 Å². The number of rotatable bonds is 7. The standard InChI is InChI=1S/C14H22N2O4.ClH/c1-9(16-14(17)13(8-15)20-4)10-5-6-11(18-2)12(7-10)19-3;/h5-7,9,13H,8,15H2,1-4H3,(H,16,17);1H. The molecule has 120 valence electrons. The molecule has 0 spiro atoms. The molecule has 1 rings (SSSR count). The molecule has 6 nitrogen and oxygen atoms in total. The van der Waals surface area contributed by atoms with Crippen molar-refractivity contribution >= 4 is 18.3 Å². The van der Waals surface area contributed by atoms with Gasteiger partial charge in [-0.05, 0) is 24.6 Å². The molecule has 7 heteroatoms. The van der Waals surface area contributed by atoms with E-state index in [9.17, 15) is 4.79 Å². The van der Waals surface area contributed by atoms with Gasteiger partial charge in [0.2, 0.25) is 0 Å². The average Bonchev–Trinajstić information content (AvgIpc) is 2.47. The first-order valence-corrected chi connectivity index (χ1v) is 6.32. The largest absolute Gasteiger partial charge is 0.493 e. The highest BCUT2D eigenvalue weighted by Gasteiger charge is 2.19. The molecule has 1 aromatic rings. The summed E-state index contributed by atoms with van der Waals surface area (Å²) in [6.07, 6.45) is -0.641. The van der Waals surface area contributed by atoms with Crippen LogP contribution in [-0.4, -0.2) is 39.9 Å². The summed E-state index contributed by atoms with van der Waals surface area (Å²) in [7, 11) is 4.60. The van der Waals surface area contributed by atoms with Crippen LogP contribution >= 0.6 is 12.4 Å². The lowest BCUT2D eigenvalue weighted by atomic mass is 10.1. The molecule has 0 saturated heterocycles. The summed E-state index contributed by atoms with van der Waals surface area (Å²) in [5.41, 5.74) is 6.37. The normalized spacial score (nSPS) is 12.8. The van der Waals surface area contributed by atoms with Crippen LogP contribution in [0.25, 0.3) is 0 Å². The molecule has 2 unspecified atom stereocenters. The van der Waals surface area contributed by atoms with Crippen molar-refractivity contribution in [2.24, 2.45) is 5.73 Å². The predicted molar refractivity (Wildman–Crippen MR) is 83.2 cm³/mol. The van der Waals surface area contributed by atoms with Crippen LogP contribution in [-0.2, 0) is 9.53 Å². The Balaban J connectivity index is 0.00000400. The van der Waals surface area contributed by atoms with Gasteiger partial charge >= 0.3 is 0 Å². The minimum atomic E-state index is -0.641. The summed E-state index contributed by atoms with van der Waals surface area (Å²) in [6.45, 7) is 2.02. The summed E-state index contributed by atoms with van der Waals surface area (Å²) in [5.74, 6) is 1.03. The molecule has 0 aromatic heterocycles. The molecule has 1 aromatic carbocycles. The van der Waals surface area contributed by atoms with Crippen LogP contribution in [0.2, 0.25) is 0 Å². The van der Waals surface area contributed by atoms with Gasteiger partial charge in [0, 0.05) is 13.7 Å². The van der Waals surface area contributed by atoms with Gasteiger partial charge in [-0.25, -0.2) is 0 Å². The third-order valence-corrected chi connectivity index (χ3v) is 3.06. The maximum absolute atomic E-state index is 11.9. The van der Waals surface area contributed by atoms with Gasteiger partial charge in [-0.1, -0.05) is 6.07 Å². The predicted octanol–water partition coefficient (Wildman–Crippen LogP) is 1.28. The zero-order valence-electron chi connectivity index (χ0n) is 12.7. The minimum Gasteiger partial charge on any atom is -0.493 e. The molecule has 0 saturated carbocycles. The molecular weight excluding hydrogens is 296 g/mol. The smallest absolute Gasteiger partial charge is 0.250 e. The SMILES string of the molecule is COc1ccc(C(C)NC(=O)C(CN)OC)cc1OC.Cl. The summed E-state index contributed by atoms with van der Waals surface area (Å²) >= 11 is 0. The lowest BCUT2D eigenvalue weighted by Gasteiger charge is -2.19. The molecule has 0 fully saturated rings. The number of hydrogen-bond acceptors (Lipinski definition) is 5. The molecule has 0 heterocycles. The van der Waals surface area contributed by atoms with Gasteiger partial charge in [0.1, 0.15) is 6.10 Å². The lowest BCUT2D eigenvalue weighted by molar-refractivity contribution is -0.131. The topological polar surface area (TPSA) is 82.8 Å². The van der Waals surface area contributed by atoms with Crippen molar-refractivity contribution in [3.8, 4) is 11.5 Å². The molecule has 0 aliphatic carbocycles. The molecule has 0 aliphatic rings. The van der Waals surface area contributed by atoms with E-state index in [1.54, 1.807) is 20.3 Å². The van der Waals surface area contributed by atoms with Crippen LogP contribution in [0.5, 0.6) is 11.5 Å². The molecule has 1 amide bonds. The Hall–Kier alpha value is -1.50. The molecule has 21 heavy (non-hydrogen) atoms. The quantitative estimate of drug-likeness (QED) is 0.791. The van der Waals surface area contributed by atoms with Crippen molar-refractivity contribution in [2.75, 3.05) is 27.9 Å². The van der Waals surface area contributed by atoms with Crippen molar-refractivity contribution in [1.29, 1.82) is 0 Å². The van der Waals surface area contributed by atoms with Crippen LogP contribution in [0.3, 0.4) is 0 Å². The van der Waals surface area contributed by atoms with E-state index in [0.717, 1.165) is 5.56 Å². The van der Waals surface area contributed by atoms with Gasteiger partial charge in [0.15, 0.2) is 11.5 Å². The Morgan fingerprint density at radius 2 is 1.86 bits per heavy atom. The van der Waals surface area contributed by atoms with Gasteiger partial charge in [-0.3, -0.25) is 4.79 Å². The van der Waals surface area contributed by atoms with E-state index in [1.165, 1.54) is 7.11 Å². The second-order valence-electron chi connectivity index (χ2n) is 4.30. The summed E-state index contributed by atoms with van der Waals surface area (Å²) in [4.78, 5) is 11.9. The van der Waals surface area contributed by atoms with Crippen LogP contribution in [0.1, 0.15) is 18.5 Å². The van der Waals surface area contributed by atoms with E-state index < -0.39 is 6.10 Å². The van der Waals surface area contributed by atoms with Crippen molar-refractivity contribution in [3.63, 3.8) is 0 Å². The Morgan fingerprint density at radius 1 is 1.24 bits per heavy atom. The first-order valence-electron chi connectivity index (χ1n) is 6.32. The fraction of sp³-hybridized carbons (Fsp3) is 0.500. The first kappa shape index (κ1) is 19.5. The summed E-state index contributed by atoms with van der Waals surface area (Å²) in [5, 5.41) is 2.85. The Morgan fingerprint density at radius 3 is 2.33 bits per heavy atom. The zero-order chi connectivity index (χ0) is 15.1. The maximum Gasteiger partial charge on any atom is 0.250 e. The maximum atomic E-state index is 11.9. The number of nitrogens with one attached hydrogen (secondary N) is 1. The molecule has 3 N–H and O–H groups in total. The summed E-state index contributed by atoms with van der Waals surface area (Å²) in [6, 6.07) is 5.31. The van der Waals surface area contributed by atoms with E-state index in [0.29, 0.717) is 11.5 Å². The second-order valence-corrected chi connectivity index (χ2v) is 4.30. The highest BCUT2D eigenvalue weighted by Crippen LogP contribution is 2.29. The number of ether oxygens (including phenoxy) is 3. The number of nitrogens with two attached hydrogens (primary N) is 1. The number of methoxy groups -OCH3 is 3. The Kier molecular flexibility index (Phi) is 8.76. The van der Waals surface area contributed by atoms with Gasteiger partial charge < -0.3 is 25.3 Å². The molecular formula is C14H23ClN2O4. The fourth-order valence-corrected chi connectivity index (χ4v) is 1.82. The third kappa shape index (κ3) is 5.08. The zero-order valence-corrected chi connectivity index (χ0v) is 13.5. The molecule has 0 radical (unpaired) electrons. The average molecular weight is 319 g/mol. The number of hydrogen-bond donors (Lipinski definition) is 2. The van der Waals surface area contributed by atoms with Crippen molar-refractivity contribution in [3.05, 3.63) is 23.8 Å². The van der Waals surface area contributed by atoms with Crippen LogP contribution in [0.15, 0.2) is 18.2 Å². The van der Waals surface area contributed by atoms with E-state index in [-0.39, 0.29) is 30.9 Å². The van der Waals surface area contributed by atoms with Crippen molar-refractivity contribution < 1.29 is 19.0 Å². The van der Waals surface area contributed by atoms with Crippen molar-refractivity contribution in [1.82, 2.24) is 5.32 Å². The number of amides is 1. The first-order chi connectivity index (χ1) is 9.57. The number of halogens is 1. The van der Waals surface area contributed by atoms with E-state index in [4.69, 9.17) is 19.9 Å². The van der Waals surface area contributed by atoms with E-state index >= 15 is 0 Å². The molecule has 0 aliphatic heterocycles. The van der Waals surface area contributed by atoms with Gasteiger partial charge in [0.05, 0.1) is 20.3 Å². The third-order valence-electron chi connectivity index (χ3n) is 3.06. The highest BCUT2D eigenvalue weighted by molar-refractivity contribution is 5.85. The monoisotopic (exact) mass is 318 g/mol. The second kappa shape index (κ2) is 9.44. The Bertz CT molecular complexity index is 453. The van der Waals surface area contributed by atoms with E-state index in [2.05, 4.69) is 5.32 Å². The van der Waals surface area contributed by atoms with E-state index in [1.807, 2.05) is 19.1 Å². The van der Waals surface area contributed by atoms with Crippen LogP contribution in [0.4, 0.5) is 0 Å².